The Bertz CT molecular complexity index is 1980. The number of carbonyl (C=O) groups is 3. The van der Waals surface area contributed by atoms with Crippen molar-refractivity contribution in [3.05, 3.63) is 85.1 Å². The first-order valence-corrected chi connectivity index (χ1v) is 44.7. The molecule has 9 heteroatoms. The van der Waals surface area contributed by atoms with Crippen molar-refractivity contribution in [1.82, 2.24) is 0 Å². The maximum Gasteiger partial charge on any atom is 0.306 e. The Labute approximate surface area is 640 Å². The zero-order chi connectivity index (χ0) is 74.6. The van der Waals surface area contributed by atoms with E-state index in [2.05, 4.69) is 98.9 Å². The minimum atomic E-state index is -1.62. The van der Waals surface area contributed by atoms with E-state index in [0.717, 1.165) is 77.0 Å². The zero-order valence-electron chi connectivity index (χ0n) is 68.9. The van der Waals surface area contributed by atoms with Crippen molar-refractivity contribution in [2.75, 3.05) is 47.5 Å². The van der Waals surface area contributed by atoms with Crippen molar-refractivity contribution in [2.24, 2.45) is 0 Å². The van der Waals surface area contributed by atoms with E-state index in [9.17, 15) is 19.5 Å². The average Bonchev–Trinajstić information content (AvgIpc) is 1.01. The van der Waals surface area contributed by atoms with E-state index in [0.29, 0.717) is 17.4 Å². The van der Waals surface area contributed by atoms with Crippen LogP contribution < -0.4 is 5.11 Å². The van der Waals surface area contributed by atoms with Crippen molar-refractivity contribution in [3.63, 3.8) is 0 Å². The smallest absolute Gasteiger partial charge is 0.306 e. The third-order valence-corrected chi connectivity index (χ3v) is 20.1. The van der Waals surface area contributed by atoms with Gasteiger partial charge in [-0.2, -0.15) is 0 Å². The number of hydrogen-bond donors (Lipinski definition) is 0. The van der Waals surface area contributed by atoms with Crippen LogP contribution in [0.4, 0.5) is 0 Å². The van der Waals surface area contributed by atoms with Gasteiger partial charge in [0.25, 0.3) is 0 Å². The molecule has 0 radical (unpaired) electrons. The van der Waals surface area contributed by atoms with Gasteiger partial charge in [-0.25, -0.2) is 0 Å². The summed E-state index contributed by atoms with van der Waals surface area (Å²) in [5.74, 6) is -2.25. The summed E-state index contributed by atoms with van der Waals surface area (Å²) < 4.78 is 22.9. The van der Waals surface area contributed by atoms with Crippen LogP contribution >= 0.6 is 0 Å². The molecule has 2 atom stereocenters. The van der Waals surface area contributed by atoms with Crippen molar-refractivity contribution >= 4 is 17.9 Å². The summed E-state index contributed by atoms with van der Waals surface area (Å²) in [6.07, 6.45) is 113. The van der Waals surface area contributed by atoms with E-state index in [4.69, 9.17) is 18.9 Å². The van der Waals surface area contributed by atoms with Gasteiger partial charge in [-0.15, -0.1) is 0 Å². The van der Waals surface area contributed by atoms with E-state index in [1.807, 2.05) is 21.1 Å². The fourth-order valence-corrected chi connectivity index (χ4v) is 13.4. The van der Waals surface area contributed by atoms with Gasteiger partial charge < -0.3 is 33.3 Å². The number of allylic oxidation sites excluding steroid dienone is 14. The maximum absolute atomic E-state index is 13.0. The van der Waals surface area contributed by atoms with Crippen LogP contribution in [-0.4, -0.2) is 82.3 Å². The normalized spacial score (nSPS) is 13.0. The first-order valence-electron chi connectivity index (χ1n) is 44.7. The number of carbonyl (C=O) groups excluding carboxylic acids is 3. The highest BCUT2D eigenvalue weighted by Crippen LogP contribution is 2.20. The molecular weight excluding hydrogens is 1270 g/mol. The number of hydrogen-bond acceptors (Lipinski definition) is 8. The Balaban J connectivity index is 3.91. The molecule has 0 heterocycles. The molecule has 0 saturated carbocycles. The summed E-state index contributed by atoms with van der Waals surface area (Å²) in [4.78, 5) is 37.7. The lowest BCUT2D eigenvalue weighted by Crippen LogP contribution is -2.44. The lowest BCUT2D eigenvalue weighted by molar-refractivity contribution is -0.870. The predicted octanol–water partition coefficient (Wildman–Crippen LogP) is 27.9. The zero-order valence-corrected chi connectivity index (χ0v) is 68.9. The molecule has 0 amide bonds. The van der Waals surface area contributed by atoms with Gasteiger partial charge in [0.05, 0.1) is 40.3 Å². The van der Waals surface area contributed by atoms with Crippen LogP contribution in [0.15, 0.2) is 85.1 Å². The molecule has 103 heavy (non-hydrogen) atoms. The van der Waals surface area contributed by atoms with Gasteiger partial charge in [0.1, 0.15) is 13.2 Å². The SMILES string of the molecule is CC/C=C\C/C=C\C/C=C\C/C=C\C/C=C\CCCCCCCCCCCCCCCCCCCCCCCCCCCC(=O)OC(COC(=O)CCCCCCCCCCCCCCCCCCCCCCCCCCC/C=C\C/C=C\CCCCCCC)COC(OCC[N+](C)(C)C)C(=O)[O-]. The fourth-order valence-electron chi connectivity index (χ4n) is 13.4. The van der Waals surface area contributed by atoms with Crippen molar-refractivity contribution in [2.45, 2.75) is 450 Å². The van der Waals surface area contributed by atoms with Crippen molar-refractivity contribution < 1.29 is 42.9 Å². The van der Waals surface area contributed by atoms with Crippen LogP contribution in [0.2, 0.25) is 0 Å². The molecule has 0 aliphatic heterocycles. The third kappa shape index (κ3) is 85.6. The molecule has 0 aliphatic rings. The van der Waals surface area contributed by atoms with Crippen LogP contribution in [0, 0.1) is 0 Å². The van der Waals surface area contributed by atoms with Crippen LogP contribution in [-0.2, 0) is 33.3 Å². The molecule has 0 aliphatic carbocycles. The van der Waals surface area contributed by atoms with E-state index in [1.54, 1.807) is 0 Å². The number of carboxylic acid groups (broad SMARTS) is 1. The number of rotatable bonds is 84. The second kappa shape index (κ2) is 84.1. The monoisotopic (exact) mass is 1440 g/mol. The predicted molar refractivity (Wildman–Crippen MR) is 444 cm³/mol. The highest BCUT2D eigenvalue weighted by Gasteiger charge is 2.22. The highest BCUT2D eigenvalue weighted by atomic mass is 16.7. The fraction of sp³-hybridized carbons (Fsp3) is 0.819. The van der Waals surface area contributed by atoms with Gasteiger partial charge in [-0.3, -0.25) is 9.59 Å². The van der Waals surface area contributed by atoms with Crippen LogP contribution in [0.3, 0.4) is 0 Å². The number of quaternary nitrogens is 1. The molecular formula is C94H171NO8. The molecule has 0 fully saturated rings. The molecule has 600 valence electrons. The topological polar surface area (TPSA) is 111 Å². The second-order valence-electron chi connectivity index (χ2n) is 31.5. The second-order valence-corrected chi connectivity index (χ2v) is 31.5. The Morgan fingerprint density at radius 1 is 0.301 bits per heavy atom. The summed E-state index contributed by atoms with van der Waals surface area (Å²) in [6, 6.07) is 0. The first kappa shape index (κ1) is 99.5. The number of esters is 2. The number of carboxylic acids is 1. The van der Waals surface area contributed by atoms with Crippen LogP contribution in [0.5, 0.6) is 0 Å². The minimum absolute atomic E-state index is 0.150. The van der Waals surface area contributed by atoms with E-state index < -0.39 is 24.3 Å². The van der Waals surface area contributed by atoms with Gasteiger partial charge in [0.2, 0.25) is 0 Å². The molecule has 0 aromatic heterocycles. The Kier molecular flexibility index (Phi) is 81.2. The lowest BCUT2D eigenvalue weighted by atomic mass is 10.0. The largest absolute Gasteiger partial charge is 0.545 e. The summed E-state index contributed by atoms with van der Waals surface area (Å²) in [6.45, 7) is 4.70. The molecule has 9 nitrogen and oxygen atoms in total. The molecule has 2 unspecified atom stereocenters. The summed E-state index contributed by atoms with van der Waals surface area (Å²) in [7, 11) is 5.96. The first-order chi connectivity index (χ1) is 50.6. The van der Waals surface area contributed by atoms with Gasteiger partial charge in [0.15, 0.2) is 12.4 Å². The average molecular weight is 1440 g/mol. The van der Waals surface area contributed by atoms with Crippen LogP contribution in [0.25, 0.3) is 0 Å². The van der Waals surface area contributed by atoms with Crippen molar-refractivity contribution in [1.29, 1.82) is 0 Å². The molecule has 0 bridgehead atoms. The molecule has 0 N–H and O–H groups in total. The number of likely N-dealkylation sites (N-methyl/N-ethyl adjacent to an activating group) is 1. The molecule has 0 saturated heterocycles. The minimum Gasteiger partial charge on any atom is -0.545 e. The Morgan fingerprint density at radius 2 is 0.553 bits per heavy atom. The lowest BCUT2D eigenvalue weighted by Gasteiger charge is -2.26. The van der Waals surface area contributed by atoms with E-state index in [1.165, 1.54) is 334 Å². The highest BCUT2D eigenvalue weighted by molar-refractivity contribution is 5.70. The van der Waals surface area contributed by atoms with Crippen molar-refractivity contribution in [3.8, 4) is 0 Å². The molecule has 0 aromatic rings. The van der Waals surface area contributed by atoms with Gasteiger partial charge >= 0.3 is 11.9 Å². The summed E-state index contributed by atoms with van der Waals surface area (Å²) in [5.41, 5.74) is 0. The van der Waals surface area contributed by atoms with E-state index in [-0.39, 0.29) is 32.2 Å². The summed E-state index contributed by atoms with van der Waals surface area (Å²) >= 11 is 0. The Morgan fingerprint density at radius 3 is 0.825 bits per heavy atom. The Hall–Kier alpha value is -3.53. The number of aliphatic carboxylic acids is 1. The van der Waals surface area contributed by atoms with Crippen LogP contribution in [0.1, 0.15) is 438 Å². The number of ether oxygens (including phenoxy) is 4. The quantitative estimate of drug-likeness (QED) is 0.0195. The maximum atomic E-state index is 13.0. The standard InChI is InChI=1S/C94H171NO8/c1-6-8-10-12-14-16-18-20-22-24-26-28-30-32-34-36-38-40-42-44-45-46-47-49-51-53-55-57-59-61-63-65-67-69-71-73-75-77-79-81-83-85-92(97)103-90(89-102-94(93(98)99)100-87-86-95(3,4)5)88-101-91(96)84-82-80-78-76-74-72-70-68-66-64-62-60-58-56-54-52-50-48-43-41-39-37-35-33-31-29-27-25-23-21-19-17-15-13-11-9-7-2/h8,10,14,16,19-22,25-28,32,34,90,94H,6-7,9,11-13,15,17-18,23-24,29-31,33,35-89H2,1-5H3/b10-8-,16-14-,21-19-,22-20-,27-25-,28-26-,34-32-. The van der Waals surface area contributed by atoms with Gasteiger partial charge in [-0.1, -0.05) is 420 Å². The van der Waals surface area contributed by atoms with Gasteiger partial charge in [0, 0.05) is 12.8 Å². The number of nitrogens with zero attached hydrogens (tertiary/aromatic N) is 1. The molecule has 0 aromatic carbocycles. The van der Waals surface area contributed by atoms with E-state index >= 15 is 0 Å². The molecule has 0 spiro atoms. The van der Waals surface area contributed by atoms with Gasteiger partial charge in [-0.05, 0) is 89.9 Å². The molecule has 0 rings (SSSR count). The summed E-state index contributed by atoms with van der Waals surface area (Å²) in [5, 5.41) is 11.9. The third-order valence-electron chi connectivity index (χ3n) is 20.1. The number of unbranched alkanes of at least 4 members (excludes halogenated alkanes) is 55.